The van der Waals surface area contributed by atoms with Crippen LogP contribution in [-0.2, 0) is 0 Å². The van der Waals surface area contributed by atoms with Gasteiger partial charge in [-0.05, 0) is 43.8 Å². The summed E-state index contributed by atoms with van der Waals surface area (Å²) >= 11 is 5.65. The highest BCUT2D eigenvalue weighted by Gasteiger charge is 2.35. The molecule has 0 amide bonds. The second-order valence-electron chi connectivity index (χ2n) is 8.02. The van der Waals surface area contributed by atoms with Gasteiger partial charge in [0.05, 0.1) is 17.3 Å². The van der Waals surface area contributed by atoms with Gasteiger partial charge in [0.15, 0.2) is 16.7 Å². The van der Waals surface area contributed by atoms with Crippen LogP contribution in [0.5, 0.6) is 0 Å². The van der Waals surface area contributed by atoms with Gasteiger partial charge in [-0.15, -0.1) is 0 Å². The van der Waals surface area contributed by atoms with E-state index < -0.39 is 11.6 Å². The van der Waals surface area contributed by atoms with Gasteiger partial charge < -0.3 is 9.84 Å². The molecule has 170 valence electrons. The molecule has 0 radical (unpaired) electrons. The molecule has 0 aliphatic carbocycles. The first kappa shape index (κ1) is 21.9. The molecule has 0 saturated heterocycles. The van der Waals surface area contributed by atoms with Crippen LogP contribution in [0, 0.1) is 18.6 Å². The highest BCUT2D eigenvalue weighted by molar-refractivity contribution is 7.80. The van der Waals surface area contributed by atoms with E-state index in [1.165, 1.54) is 6.07 Å². The molecule has 4 aromatic rings. The lowest BCUT2D eigenvalue weighted by Gasteiger charge is -2.37. The number of hydrogen-bond acceptors (Lipinski definition) is 4. The second-order valence-corrected chi connectivity index (χ2v) is 8.40. The van der Waals surface area contributed by atoms with Crippen LogP contribution < -0.4 is 10.2 Å². The van der Waals surface area contributed by atoms with E-state index in [4.69, 9.17) is 16.7 Å². The Morgan fingerprint density at radius 3 is 2.38 bits per heavy atom. The molecular formula is C26H20F2N4OS. The van der Waals surface area contributed by atoms with Gasteiger partial charge in [0, 0.05) is 17.3 Å². The van der Waals surface area contributed by atoms with Crippen LogP contribution in [0.25, 0.3) is 17.0 Å². The number of rotatable bonds is 4. The zero-order valence-corrected chi connectivity index (χ0v) is 19.2. The normalized spacial score (nSPS) is 16.1. The van der Waals surface area contributed by atoms with Gasteiger partial charge in [0.1, 0.15) is 0 Å². The number of thiocarbonyl (C=S) groups is 1. The number of benzene rings is 3. The fourth-order valence-electron chi connectivity index (χ4n) is 4.00. The predicted molar refractivity (Wildman–Crippen MR) is 131 cm³/mol. The SMILES string of the molecule is CC1=C(c2nc(-c3ccccc3)no2)C(c2ccc(C)cc2)NC(=S)N1c1ccc(F)c(F)c1. The number of nitrogens with zero attached hydrogens (tertiary/aromatic N) is 3. The first-order chi connectivity index (χ1) is 16.4. The van der Waals surface area contributed by atoms with Gasteiger partial charge in [-0.2, -0.15) is 4.98 Å². The molecule has 5 nitrogen and oxygen atoms in total. The summed E-state index contributed by atoms with van der Waals surface area (Å²) in [5.74, 6) is -1.13. The summed E-state index contributed by atoms with van der Waals surface area (Å²) in [6, 6.07) is 20.8. The zero-order valence-electron chi connectivity index (χ0n) is 18.4. The van der Waals surface area contributed by atoms with Crippen LogP contribution in [0.1, 0.15) is 30.0 Å². The maximum Gasteiger partial charge on any atom is 0.258 e. The molecule has 3 aromatic carbocycles. The fourth-order valence-corrected chi connectivity index (χ4v) is 4.36. The Morgan fingerprint density at radius 1 is 0.941 bits per heavy atom. The number of halogens is 2. The minimum Gasteiger partial charge on any atom is -0.351 e. The van der Waals surface area contributed by atoms with Crippen LogP contribution in [-0.4, -0.2) is 15.3 Å². The third kappa shape index (κ3) is 3.97. The monoisotopic (exact) mass is 474 g/mol. The largest absolute Gasteiger partial charge is 0.351 e. The molecule has 1 unspecified atom stereocenters. The van der Waals surface area contributed by atoms with Crippen LogP contribution in [0.15, 0.2) is 83.0 Å². The van der Waals surface area contributed by atoms with Crippen LogP contribution >= 0.6 is 12.2 Å². The molecule has 0 fully saturated rings. The number of allylic oxidation sites excluding steroid dienone is 1. The lowest BCUT2D eigenvalue weighted by atomic mass is 9.94. The fraction of sp³-hybridized carbons (Fsp3) is 0.115. The van der Waals surface area contributed by atoms with Crippen LogP contribution in [0.2, 0.25) is 0 Å². The van der Waals surface area contributed by atoms with Crippen molar-refractivity contribution >= 4 is 28.6 Å². The minimum absolute atomic E-state index is 0.310. The lowest BCUT2D eigenvalue weighted by Crippen LogP contribution is -2.46. The average Bonchev–Trinajstić information content (AvgIpc) is 3.32. The van der Waals surface area contributed by atoms with Crippen molar-refractivity contribution in [2.75, 3.05) is 4.90 Å². The van der Waals surface area contributed by atoms with Crippen molar-refractivity contribution in [1.82, 2.24) is 15.5 Å². The van der Waals surface area contributed by atoms with Gasteiger partial charge in [0.25, 0.3) is 5.89 Å². The third-order valence-electron chi connectivity index (χ3n) is 5.75. The van der Waals surface area contributed by atoms with E-state index in [0.29, 0.717) is 33.8 Å². The van der Waals surface area contributed by atoms with E-state index in [1.807, 2.05) is 68.4 Å². The van der Waals surface area contributed by atoms with E-state index in [9.17, 15) is 8.78 Å². The van der Waals surface area contributed by atoms with E-state index >= 15 is 0 Å². The number of nitrogens with one attached hydrogen (secondary N) is 1. The molecule has 1 aliphatic rings. The van der Waals surface area contributed by atoms with Gasteiger partial charge >= 0.3 is 0 Å². The zero-order chi connectivity index (χ0) is 23.8. The van der Waals surface area contributed by atoms with E-state index in [-0.39, 0.29) is 6.04 Å². The molecule has 0 bridgehead atoms. The number of hydrogen-bond donors (Lipinski definition) is 1. The Balaban J connectivity index is 1.66. The predicted octanol–water partition coefficient (Wildman–Crippen LogP) is 6.19. The van der Waals surface area contributed by atoms with Crippen molar-refractivity contribution in [2.24, 2.45) is 0 Å². The lowest BCUT2D eigenvalue weighted by molar-refractivity contribution is 0.404. The highest BCUT2D eigenvalue weighted by Crippen LogP contribution is 2.39. The van der Waals surface area contributed by atoms with Gasteiger partial charge in [-0.1, -0.05) is 65.3 Å². The van der Waals surface area contributed by atoms with Crippen molar-refractivity contribution in [1.29, 1.82) is 0 Å². The summed E-state index contributed by atoms with van der Waals surface area (Å²) < 4.78 is 33.4. The summed E-state index contributed by atoms with van der Waals surface area (Å²) in [7, 11) is 0. The number of aromatic nitrogens is 2. The Bertz CT molecular complexity index is 1400. The van der Waals surface area contributed by atoms with Crippen molar-refractivity contribution in [3.05, 3.63) is 107 Å². The topological polar surface area (TPSA) is 54.2 Å². The number of aryl methyl sites for hydroxylation is 1. The second kappa shape index (κ2) is 8.79. The van der Waals surface area contributed by atoms with Crippen molar-refractivity contribution in [2.45, 2.75) is 19.9 Å². The van der Waals surface area contributed by atoms with Crippen molar-refractivity contribution < 1.29 is 13.3 Å². The van der Waals surface area contributed by atoms with E-state index in [0.717, 1.165) is 28.8 Å². The molecule has 2 heterocycles. The summed E-state index contributed by atoms with van der Waals surface area (Å²) in [4.78, 5) is 6.30. The highest BCUT2D eigenvalue weighted by atomic mass is 32.1. The minimum atomic E-state index is -0.959. The van der Waals surface area contributed by atoms with Crippen molar-refractivity contribution in [3.63, 3.8) is 0 Å². The molecule has 34 heavy (non-hydrogen) atoms. The van der Waals surface area contributed by atoms with Crippen LogP contribution in [0.4, 0.5) is 14.5 Å². The maximum absolute atomic E-state index is 14.1. The molecule has 1 atom stereocenters. The van der Waals surface area contributed by atoms with E-state index in [1.54, 1.807) is 4.90 Å². The average molecular weight is 475 g/mol. The summed E-state index contributed by atoms with van der Waals surface area (Å²) in [6.45, 7) is 3.86. The maximum atomic E-state index is 14.1. The Morgan fingerprint density at radius 2 is 1.68 bits per heavy atom. The van der Waals surface area contributed by atoms with Crippen LogP contribution in [0.3, 0.4) is 0 Å². The molecule has 0 saturated carbocycles. The summed E-state index contributed by atoms with van der Waals surface area (Å²) in [6.07, 6.45) is 0. The Hall–Kier alpha value is -3.91. The molecule has 1 aromatic heterocycles. The quantitative estimate of drug-likeness (QED) is 0.356. The van der Waals surface area contributed by atoms with Gasteiger partial charge in [-0.3, -0.25) is 4.90 Å². The molecule has 1 N–H and O–H groups in total. The third-order valence-corrected chi connectivity index (χ3v) is 6.05. The smallest absolute Gasteiger partial charge is 0.258 e. The first-order valence-corrected chi connectivity index (χ1v) is 11.1. The molecule has 0 spiro atoms. The molecule has 5 rings (SSSR count). The summed E-state index contributed by atoms with van der Waals surface area (Å²) in [5, 5.41) is 7.84. The molecule has 1 aliphatic heterocycles. The Labute approximate surface area is 200 Å². The Kier molecular flexibility index (Phi) is 5.67. The summed E-state index contributed by atoms with van der Waals surface area (Å²) in [5.41, 5.74) is 4.64. The molecule has 8 heteroatoms. The number of anilines is 1. The van der Waals surface area contributed by atoms with Crippen molar-refractivity contribution in [3.8, 4) is 11.4 Å². The van der Waals surface area contributed by atoms with E-state index in [2.05, 4.69) is 15.5 Å². The van der Waals surface area contributed by atoms with Gasteiger partial charge in [-0.25, -0.2) is 8.78 Å². The van der Waals surface area contributed by atoms with Gasteiger partial charge in [0.2, 0.25) is 5.82 Å². The molecular weight excluding hydrogens is 454 g/mol. The first-order valence-electron chi connectivity index (χ1n) is 10.6. The standard InChI is InChI=1S/C26H20F2N4OS/c1-15-8-10-17(11-9-15)23-22(25-30-24(31-33-25)18-6-4-3-5-7-18)16(2)32(26(34)29-23)19-12-13-20(27)21(28)14-19/h3-14,23H,1-2H3,(H,29,34).